The summed E-state index contributed by atoms with van der Waals surface area (Å²) in [6, 6.07) is 4.53. The third kappa shape index (κ3) is 8.33. The molecule has 3 amide bonds. The van der Waals surface area contributed by atoms with Crippen LogP contribution in [0, 0.1) is 0 Å². The van der Waals surface area contributed by atoms with Crippen LogP contribution in [0.25, 0.3) is 11.0 Å². The molecule has 2 aliphatic rings. The second kappa shape index (κ2) is 15.9. The highest BCUT2D eigenvalue weighted by molar-refractivity contribution is 8.00. The number of carboxylic acids is 2. The first-order valence-corrected chi connectivity index (χ1v) is 16.7. The molecule has 3 heterocycles. The quantitative estimate of drug-likeness (QED) is 0.107. The summed E-state index contributed by atoms with van der Waals surface area (Å²) in [5.41, 5.74) is -1.83. The van der Waals surface area contributed by atoms with Crippen LogP contribution in [0.2, 0.25) is 0 Å². The summed E-state index contributed by atoms with van der Waals surface area (Å²) in [7, 11) is 0. The van der Waals surface area contributed by atoms with E-state index in [1.807, 2.05) is 0 Å². The molecule has 5 rings (SSSR count). The number of rotatable bonds is 13. The molecule has 0 saturated carbocycles. The lowest BCUT2D eigenvalue weighted by molar-refractivity contribution is -0.151. The highest BCUT2D eigenvalue weighted by Gasteiger charge is 2.54. The molecule has 282 valence electrons. The molecule has 0 spiro atoms. The molecule has 2 aromatic carbocycles. The van der Waals surface area contributed by atoms with E-state index in [-0.39, 0.29) is 51.7 Å². The van der Waals surface area contributed by atoms with Crippen molar-refractivity contribution >= 4 is 70.3 Å². The third-order valence-corrected chi connectivity index (χ3v) is 9.04. The summed E-state index contributed by atoms with van der Waals surface area (Å²) in [6.45, 7) is 2.26. The smallest absolute Gasteiger partial charge is 0.352 e. The molecule has 2 aliphatic heterocycles. The van der Waals surface area contributed by atoms with Gasteiger partial charge in [-0.2, -0.15) is 0 Å². The first kappa shape index (κ1) is 38.5. The van der Waals surface area contributed by atoms with Gasteiger partial charge in [0.05, 0.1) is 5.39 Å². The lowest BCUT2D eigenvalue weighted by Gasteiger charge is -2.49. The van der Waals surface area contributed by atoms with Gasteiger partial charge in [0.25, 0.3) is 11.8 Å². The molecule has 19 nitrogen and oxygen atoms in total. The average molecular weight is 768 g/mol. The number of carbonyl (C=O) groups is 8. The zero-order valence-corrected chi connectivity index (χ0v) is 29.2. The SMILES string of the molecule is CC(=O)OCC1=C(C(=O)O)N2C(=O)[C@H](NC(=O)C(NC(=O)c3coc4cc(OC(C)=O)c(OC(C)=O)cc4c3=O)c3ccc(OCC(=O)O)cc3)[C@@H]2SC1. The van der Waals surface area contributed by atoms with Gasteiger partial charge in [-0.3, -0.25) is 38.5 Å². The van der Waals surface area contributed by atoms with Gasteiger partial charge >= 0.3 is 29.8 Å². The molecule has 1 unspecified atom stereocenters. The van der Waals surface area contributed by atoms with Crippen LogP contribution in [0.1, 0.15) is 42.7 Å². The molecule has 54 heavy (non-hydrogen) atoms. The molecule has 1 fully saturated rings. The molecule has 4 N–H and O–H groups in total. The number of carbonyl (C=O) groups excluding carboxylic acids is 6. The van der Waals surface area contributed by atoms with Crippen LogP contribution in [-0.2, 0) is 38.3 Å². The molecule has 20 heteroatoms. The van der Waals surface area contributed by atoms with Crippen molar-refractivity contribution in [2.24, 2.45) is 0 Å². The van der Waals surface area contributed by atoms with E-state index in [2.05, 4.69) is 10.6 Å². The van der Waals surface area contributed by atoms with Crippen molar-refractivity contribution in [3.8, 4) is 17.2 Å². The molecule has 3 aromatic rings. The van der Waals surface area contributed by atoms with Crippen molar-refractivity contribution in [3.63, 3.8) is 0 Å². The summed E-state index contributed by atoms with van der Waals surface area (Å²) in [6.07, 6.45) is 0.792. The van der Waals surface area contributed by atoms with E-state index in [0.717, 1.165) is 55.8 Å². The van der Waals surface area contributed by atoms with Crippen LogP contribution in [0.15, 0.2) is 63.1 Å². The Morgan fingerprint density at radius 1 is 0.944 bits per heavy atom. The standard InChI is InChI=1S/C34H29N3O16S/c1-14(38)49-10-18-13-54-33-27(32(46)37(33)28(18)34(47)48)36-31(45)26(17-4-6-19(7-5-17)50-12-25(41)42)35-30(44)21-11-51-22-9-24(53-16(3)40)23(52-15(2)39)8-20(22)29(21)43/h4-9,11,26-27,33H,10,12-13H2,1-3H3,(H,35,44)(H,36,45)(H,41,42)(H,47,48)/t26?,27-,33-/m0/s1. The predicted octanol–water partition coefficient (Wildman–Crippen LogP) is 0.880. The molecule has 1 saturated heterocycles. The molecule has 0 bridgehead atoms. The molecule has 0 radical (unpaired) electrons. The number of benzene rings is 2. The minimum absolute atomic E-state index is 0.0486. The second-order valence-corrected chi connectivity index (χ2v) is 12.7. The number of aliphatic carboxylic acids is 2. The van der Waals surface area contributed by atoms with Crippen LogP contribution in [-0.4, -0.2) is 93.1 Å². The van der Waals surface area contributed by atoms with Gasteiger partial charge in [0, 0.05) is 38.2 Å². The van der Waals surface area contributed by atoms with Crippen molar-refractivity contribution in [1.82, 2.24) is 15.5 Å². The first-order valence-electron chi connectivity index (χ1n) is 15.6. The summed E-state index contributed by atoms with van der Waals surface area (Å²) in [4.78, 5) is 113. The Balaban J connectivity index is 1.45. The molecule has 0 aliphatic carbocycles. The van der Waals surface area contributed by atoms with E-state index >= 15 is 0 Å². The number of ether oxygens (including phenoxy) is 4. The van der Waals surface area contributed by atoms with Gasteiger partial charge in [0.15, 0.2) is 18.1 Å². The summed E-state index contributed by atoms with van der Waals surface area (Å²) in [5.74, 6) is -8.25. The maximum Gasteiger partial charge on any atom is 0.352 e. The number of thioether (sulfide) groups is 1. The fourth-order valence-electron chi connectivity index (χ4n) is 5.39. The Labute approximate surface area is 307 Å². The predicted molar refractivity (Wildman–Crippen MR) is 181 cm³/mol. The number of nitrogens with one attached hydrogen (secondary N) is 2. The van der Waals surface area contributed by atoms with Crippen LogP contribution >= 0.6 is 11.8 Å². The monoisotopic (exact) mass is 767 g/mol. The van der Waals surface area contributed by atoms with Crippen molar-refractivity contribution in [2.75, 3.05) is 19.0 Å². The molecule has 1 aromatic heterocycles. The van der Waals surface area contributed by atoms with E-state index in [1.54, 1.807) is 0 Å². The van der Waals surface area contributed by atoms with Gasteiger partial charge in [-0.25, -0.2) is 9.59 Å². The third-order valence-electron chi connectivity index (χ3n) is 7.70. The minimum Gasteiger partial charge on any atom is -0.482 e. The van der Waals surface area contributed by atoms with Crippen LogP contribution in [0.4, 0.5) is 0 Å². The average Bonchev–Trinajstić information content (AvgIpc) is 3.10. The van der Waals surface area contributed by atoms with E-state index in [0.29, 0.717) is 0 Å². The number of β-lactam (4-membered cyclic amide) rings is 1. The number of esters is 3. The zero-order valence-electron chi connectivity index (χ0n) is 28.4. The Morgan fingerprint density at radius 3 is 2.19 bits per heavy atom. The Kier molecular flexibility index (Phi) is 11.3. The van der Waals surface area contributed by atoms with Gasteiger partial charge in [0.1, 0.15) is 52.9 Å². The largest absolute Gasteiger partial charge is 0.482 e. The Morgan fingerprint density at radius 2 is 1.59 bits per heavy atom. The Bertz CT molecular complexity index is 2190. The minimum atomic E-state index is -1.62. The molecular weight excluding hydrogens is 738 g/mol. The lowest BCUT2D eigenvalue weighted by atomic mass is 10.0. The number of amides is 3. The van der Waals surface area contributed by atoms with Crippen molar-refractivity contribution in [1.29, 1.82) is 0 Å². The summed E-state index contributed by atoms with van der Waals surface area (Å²) >= 11 is 1.10. The van der Waals surface area contributed by atoms with E-state index in [4.69, 9.17) is 28.5 Å². The van der Waals surface area contributed by atoms with Crippen LogP contribution in [0.3, 0.4) is 0 Å². The molecular formula is C34H29N3O16S. The van der Waals surface area contributed by atoms with Crippen molar-refractivity contribution in [3.05, 3.63) is 75.3 Å². The van der Waals surface area contributed by atoms with Gasteiger partial charge in [-0.1, -0.05) is 12.1 Å². The van der Waals surface area contributed by atoms with E-state index < -0.39 is 88.3 Å². The van der Waals surface area contributed by atoms with Gasteiger partial charge in [-0.05, 0) is 23.8 Å². The Hall–Kier alpha value is -6.70. The molecule has 3 atom stereocenters. The highest BCUT2D eigenvalue weighted by atomic mass is 32.2. The van der Waals surface area contributed by atoms with Crippen LogP contribution < -0.4 is 30.3 Å². The highest BCUT2D eigenvalue weighted by Crippen LogP contribution is 2.40. The topological polar surface area (TPSA) is 271 Å². The van der Waals surface area contributed by atoms with Gasteiger partial charge < -0.3 is 44.2 Å². The van der Waals surface area contributed by atoms with Gasteiger partial charge in [-0.15, -0.1) is 11.8 Å². The fourth-order valence-corrected chi connectivity index (χ4v) is 6.72. The fraction of sp³-hybridized carbons (Fsp3) is 0.265. The number of carboxylic acid groups (broad SMARTS) is 2. The van der Waals surface area contributed by atoms with Crippen molar-refractivity contribution in [2.45, 2.75) is 38.2 Å². The maximum atomic E-state index is 13.9. The zero-order chi connectivity index (χ0) is 39.4. The second-order valence-electron chi connectivity index (χ2n) is 11.6. The van der Waals surface area contributed by atoms with E-state index in [1.165, 1.54) is 24.3 Å². The first-order chi connectivity index (χ1) is 25.5. The number of hydrogen-bond donors (Lipinski definition) is 4. The summed E-state index contributed by atoms with van der Waals surface area (Å²) < 4.78 is 25.7. The number of nitrogens with zero attached hydrogens (tertiary/aromatic N) is 1. The maximum absolute atomic E-state index is 13.9. The normalized spacial score (nSPS) is 16.6. The lowest BCUT2D eigenvalue weighted by Crippen LogP contribution is -2.71. The number of fused-ring (bicyclic) bond motifs is 2. The van der Waals surface area contributed by atoms with Gasteiger partial charge in [0.2, 0.25) is 11.3 Å². The van der Waals surface area contributed by atoms with E-state index in [9.17, 15) is 48.3 Å². The van der Waals surface area contributed by atoms with Crippen LogP contribution in [0.5, 0.6) is 17.2 Å². The number of hydrogen-bond acceptors (Lipinski definition) is 15. The van der Waals surface area contributed by atoms with Crippen molar-refractivity contribution < 1.29 is 71.9 Å². The summed E-state index contributed by atoms with van der Waals surface area (Å²) in [5, 5.41) is 22.6.